The lowest BCUT2D eigenvalue weighted by atomic mass is 9.82. The van der Waals surface area contributed by atoms with Crippen molar-refractivity contribution in [1.29, 1.82) is 0 Å². The second-order valence-corrected chi connectivity index (χ2v) is 11.3. The van der Waals surface area contributed by atoms with Gasteiger partial charge in [-0.15, -0.1) is 11.3 Å². The van der Waals surface area contributed by atoms with E-state index in [1.165, 1.54) is 18.4 Å². The van der Waals surface area contributed by atoms with E-state index in [1.54, 1.807) is 0 Å². The number of anilines is 1. The van der Waals surface area contributed by atoms with Crippen LogP contribution in [0.4, 0.5) is 5.69 Å². The first kappa shape index (κ1) is 25.7. The van der Waals surface area contributed by atoms with Crippen LogP contribution in [0.3, 0.4) is 0 Å². The number of methoxy groups -OCH3 is 1. The van der Waals surface area contributed by atoms with Crippen molar-refractivity contribution in [2.24, 2.45) is 17.3 Å². The highest BCUT2D eigenvalue weighted by molar-refractivity contribution is 7.15. The predicted octanol–water partition coefficient (Wildman–Crippen LogP) is 4.42. The Bertz CT molecular complexity index is 878. The van der Waals surface area contributed by atoms with Gasteiger partial charge in [0, 0.05) is 37.5 Å². The zero-order valence-electron chi connectivity index (χ0n) is 20.7. The standard InChI is InChI=1S/C26H38N2O4S/c1-19-6-8-20(9-7-19)24(29)28(13-12-27-14-16-32-17-15-27)22-18-21(10-11-26(2,3)4)33-23(22)25(30)31-5/h18-20H,6-9,12-17H2,1-5H3/t19-,20-. The van der Waals surface area contributed by atoms with Gasteiger partial charge in [0.2, 0.25) is 5.91 Å². The van der Waals surface area contributed by atoms with E-state index in [4.69, 9.17) is 9.47 Å². The second kappa shape index (κ2) is 11.5. The molecule has 1 aliphatic heterocycles. The number of esters is 1. The fourth-order valence-corrected chi connectivity index (χ4v) is 5.21. The van der Waals surface area contributed by atoms with Gasteiger partial charge in [-0.05, 0) is 58.4 Å². The van der Waals surface area contributed by atoms with Crippen LogP contribution in [-0.4, -0.2) is 63.3 Å². The molecule has 1 aromatic heterocycles. The first-order chi connectivity index (χ1) is 15.7. The van der Waals surface area contributed by atoms with Crippen LogP contribution in [0.25, 0.3) is 0 Å². The molecule has 0 aromatic carbocycles. The van der Waals surface area contributed by atoms with E-state index in [-0.39, 0.29) is 17.2 Å². The van der Waals surface area contributed by atoms with Crippen LogP contribution in [-0.2, 0) is 14.3 Å². The van der Waals surface area contributed by atoms with E-state index in [0.717, 1.165) is 50.2 Å². The molecule has 6 nitrogen and oxygen atoms in total. The Labute approximate surface area is 202 Å². The van der Waals surface area contributed by atoms with Crippen LogP contribution < -0.4 is 4.90 Å². The molecule has 3 rings (SSSR count). The molecule has 1 amide bonds. The summed E-state index contributed by atoms with van der Waals surface area (Å²) < 4.78 is 10.5. The zero-order valence-corrected chi connectivity index (χ0v) is 21.6. The number of carbonyl (C=O) groups is 2. The van der Waals surface area contributed by atoms with Crippen LogP contribution in [0, 0.1) is 29.1 Å². The number of hydrogen-bond acceptors (Lipinski definition) is 6. The zero-order chi connectivity index (χ0) is 24.0. The van der Waals surface area contributed by atoms with Crippen molar-refractivity contribution in [3.63, 3.8) is 0 Å². The number of carbonyl (C=O) groups excluding carboxylic acids is 2. The number of thiophene rings is 1. The van der Waals surface area contributed by atoms with Gasteiger partial charge in [0.1, 0.15) is 4.88 Å². The summed E-state index contributed by atoms with van der Waals surface area (Å²) in [5, 5.41) is 0. The summed E-state index contributed by atoms with van der Waals surface area (Å²) in [5.41, 5.74) is 0.488. The van der Waals surface area contributed by atoms with E-state index >= 15 is 0 Å². The minimum Gasteiger partial charge on any atom is -0.465 e. The lowest BCUT2D eigenvalue weighted by Gasteiger charge is -2.33. The largest absolute Gasteiger partial charge is 0.465 e. The minimum absolute atomic E-state index is 0.000366. The maximum Gasteiger partial charge on any atom is 0.350 e. The van der Waals surface area contributed by atoms with Crippen molar-refractivity contribution in [1.82, 2.24) is 4.90 Å². The quantitative estimate of drug-likeness (QED) is 0.451. The fraction of sp³-hybridized carbons (Fsp3) is 0.692. The molecular weight excluding hydrogens is 436 g/mol. The average Bonchev–Trinajstić information content (AvgIpc) is 3.22. The third-order valence-electron chi connectivity index (χ3n) is 6.31. The molecule has 0 unspecified atom stereocenters. The van der Waals surface area contributed by atoms with Gasteiger partial charge < -0.3 is 14.4 Å². The molecule has 0 radical (unpaired) electrons. The first-order valence-electron chi connectivity index (χ1n) is 12.0. The Hall–Kier alpha value is -1.88. The summed E-state index contributed by atoms with van der Waals surface area (Å²) in [4.78, 5) is 31.8. The van der Waals surface area contributed by atoms with Crippen molar-refractivity contribution >= 4 is 28.9 Å². The third kappa shape index (κ3) is 7.30. The summed E-state index contributed by atoms with van der Waals surface area (Å²) in [6.07, 6.45) is 3.96. The topological polar surface area (TPSA) is 59.1 Å². The lowest BCUT2D eigenvalue weighted by Crippen LogP contribution is -2.45. The highest BCUT2D eigenvalue weighted by atomic mass is 32.1. The van der Waals surface area contributed by atoms with E-state index in [1.807, 2.05) is 11.0 Å². The van der Waals surface area contributed by atoms with Crippen molar-refractivity contribution in [3.8, 4) is 11.8 Å². The van der Waals surface area contributed by atoms with Gasteiger partial charge in [-0.25, -0.2) is 4.79 Å². The molecule has 1 aliphatic carbocycles. The number of rotatable bonds is 6. The van der Waals surface area contributed by atoms with Crippen LogP contribution in [0.15, 0.2) is 6.07 Å². The Kier molecular flexibility index (Phi) is 8.97. The Morgan fingerprint density at radius 2 is 1.88 bits per heavy atom. The molecule has 0 bridgehead atoms. The van der Waals surface area contributed by atoms with Crippen molar-refractivity contribution in [3.05, 3.63) is 15.8 Å². The lowest BCUT2D eigenvalue weighted by molar-refractivity contribution is -0.123. The summed E-state index contributed by atoms with van der Waals surface area (Å²) in [5.74, 6) is 6.81. The molecular formula is C26H38N2O4S. The van der Waals surface area contributed by atoms with Crippen LogP contribution in [0.2, 0.25) is 0 Å². The van der Waals surface area contributed by atoms with Gasteiger partial charge in [0.05, 0.1) is 30.9 Å². The molecule has 2 aliphatic rings. The normalized spacial score (nSPS) is 21.7. The molecule has 1 saturated carbocycles. The molecule has 0 spiro atoms. The van der Waals surface area contributed by atoms with Crippen LogP contribution in [0.1, 0.15) is 67.9 Å². The second-order valence-electron chi connectivity index (χ2n) is 10.2. The number of nitrogens with zero attached hydrogens (tertiary/aromatic N) is 2. The Morgan fingerprint density at radius 1 is 1.21 bits per heavy atom. The molecule has 2 fully saturated rings. The van der Waals surface area contributed by atoms with E-state index < -0.39 is 5.97 Å². The molecule has 7 heteroatoms. The summed E-state index contributed by atoms with van der Waals surface area (Å²) in [7, 11) is 1.38. The predicted molar refractivity (Wildman–Crippen MR) is 133 cm³/mol. The van der Waals surface area contributed by atoms with Gasteiger partial charge >= 0.3 is 5.97 Å². The number of hydrogen-bond donors (Lipinski definition) is 0. The molecule has 0 atom stereocenters. The van der Waals surface area contributed by atoms with E-state index in [9.17, 15) is 9.59 Å². The van der Waals surface area contributed by atoms with Gasteiger partial charge in [-0.1, -0.05) is 18.8 Å². The average molecular weight is 475 g/mol. The van der Waals surface area contributed by atoms with Crippen LogP contribution in [0.5, 0.6) is 0 Å². The maximum atomic E-state index is 13.8. The first-order valence-corrected chi connectivity index (χ1v) is 12.9. The fourth-order valence-electron chi connectivity index (χ4n) is 4.27. The molecule has 1 saturated heterocycles. The maximum absolute atomic E-state index is 13.8. The Morgan fingerprint density at radius 3 is 2.48 bits per heavy atom. The van der Waals surface area contributed by atoms with Crippen molar-refractivity contribution in [2.45, 2.75) is 53.4 Å². The summed E-state index contributed by atoms with van der Waals surface area (Å²) in [6, 6.07) is 1.90. The van der Waals surface area contributed by atoms with Gasteiger partial charge in [-0.2, -0.15) is 0 Å². The van der Waals surface area contributed by atoms with E-state index in [2.05, 4.69) is 44.4 Å². The van der Waals surface area contributed by atoms with Gasteiger partial charge in [0.15, 0.2) is 0 Å². The number of ether oxygens (including phenoxy) is 2. The summed E-state index contributed by atoms with van der Waals surface area (Å²) >= 11 is 1.31. The molecule has 2 heterocycles. The highest BCUT2D eigenvalue weighted by Gasteiger charge is 2.32. The molecule has 1 aromatic rings. The SMILES string of the molecule is COC(=O)c1sc(C#CC(C)(C)C)cc1N(CCN1CCOCC1)C(=O)[C@H]1CC[C@H](C)CC1. The number of amides is 1. The minimum atomic E-state index is -0.416. The molecule has 182 valence electrons. The Balaban J connectivity index is 1.92. The van der Waals surface area contributed by atoms with Gasteiger partial charge in [-0.3, -0.25) is 9.69 Å². The van der Waals surface area contributed by atoms with Crippen LogP contribution >= 0.6 is 11.3 Å². The molecule has 33 heavy (non-hydrogen) atoms. The monoisotopic (exact) mass is 474 g/mol. The smallest absolute Gasteiger partial charge is 0.350 e. The van der Waals surface area contributed by atoms with Crippen molar-refractivity contribution < 1.29 is 19.1 Å². The summed E-state index contributed by atoms with van der Waals surface area (Å²) in [6.45, 7) is 12.9. The highest BCUT2D eigenvalue weighted by Crippen LogP contribution is 2.35. The van der Waals surface area contributed by atoms with Gasteiger partial charge in [0.25, 0.3) is 0 Å². The molecule has 0 N–H and O–H groups in total. The third-order valence-corrected chi connectivity index (χ3v) is 7.33. The number of morpholine rings is 1. The van der Waals surface area contributed by atoms with Crippen molar-refractivity contribution in [2.75, 3.05) is 51.4 Å². The van der Waals surface area contributed by atoms with E-state index in [0.29, 0.717) is 36.2 Å².